The van der Waals surface area contributed by atoms with Crippen molar-refractivity contribution in [3.63, 3.8) is 0 Å². The monoisotopic (exact) mass is 351 g/mol. The summed E-state index contributed by atoms with van der Waals surface area (Å²) in [6.45, 7) is 0.758. The summed E-state index contributed by atoms with van der Waals surface area (Å²) in [6.07, 6.45) is 0. The van der Waals surface area contributed by atoms with Crippen molar-refractivity contribution in [2.75, 3.05) is 27.0 Å². The van der Waals surface area contributed by atoms with Gasteiger partial charge in [0.25, 0.3) is 0 Å². The molecule has 0 unspecified atom stereocenters. The van der Waals surface area contributed by atoms with Gasteiger partial charge >= 0.3 is 5.97 Å². The van der Waals surface area contributed by atoms with E-state index in [2.05, 4.69) is 9.89 Å². The fourth-order valence-electron chi connectivity index (χ4n) is 2.36. The molecule has 1 aliphatic heterocycles. The summed E-state index contributed by atoms with van der Waals surface area (Å²) in [4.78, 5) is 22.1. The van der Waals surface area contributed by atoms with Crippen LogP contribution < -0.4 is 4.74 Å². The Labute approximate surface area is 142 Å². The molecule has 1 atom stereocenters. The fraction of sp³-hybridized carbons (Fsp3) is 0.400. The second kappa shape index (κ2) is 6.46. The normalized spacial score (nSPS) is 17.7. The van der Waals surface area contributed by atoms with Crippen LogP contribution in [-0.4, -0.2) is 59.0 Å². The van der Waals surface area contributed by atoms with E-state index in [1.165, 1.54) is 23.1 Å². The summed E-state index contributed by atoms with van der Waals surface area (Å²) in [7, 11) is 5.66. The van der Waals surface area contributed by atoms with Crippen LogP contribution in [0.4, 0.5) is 0 Å². The molecule has 1 aromatic carbocycles. The number of hydrogen-bond donors (Lipinski definition) is 1. The van der Waals surface area contributed by atoms with Crippen LogP contribution in [0.3, 0.4) is 0 Å². The molecule has 0 fully saturated rings. The Kier molecular flexibility index (Phi) is 4.56. The number of aliphatic carboxylic acids is 1. The third kappa shape index (κ3) is 3.34. The van der Waals surface area contributed by atoms with Crippen LogP contribution >= 0.6 is 23.1 Å². The van der Waals surface area contributed by atoms with E-state index >= 15 is 0 Å². The molecule has 1 aliphatic rings. The molecule has 0 saturated heterocycles. The number of aliphatic imine (C=N–C) groups is 1. The van der Waals surface area contributed by atoms with Crippen molar-refractivity contribution in [2.24, 2.45) is 4.99 Å². The van der Waals surface area contributed by atoms with E-state index in [9.17, 15) is 4.79 Å². The van der Waals surface area contributed by atoms with Gasteiger partial charge < -0.3 is 14.7 Å². The summed E-state index contributed by atoms with van der Waals surface area (Å²) in [5.74, 6) is 0.381. The smallest absolute Gasteiger partial charge is 0.329 e. The van der Waals surface area contributed by atoms with E-state index < -0.39 is 12.0 Å². The molecule has 8 heteroatoms. The summed E-state index contributed by atoms with van der Waals surface area (Å²) in [6, 6.07) is 3.29. The Morgan fingerprint density at radius 1 is 1.48 bits per heavy atom. The van der Waals surface area contributed by atoms with Gasteiger partial charge in [-0.15, -0.1) is 23.1 Å². The summed E-state index contributed by atoms with van der Waals surface area (Å²) in [5, 5.41) is 10.6. The van der Waals surface area contributed by atoms with E-state index in [4.69, 9.17) is 14.8 Å². The number of thioether (sulfide) groups is 1. The van der Waals surface area contributed by atoms with Gasteiger partial charge in [-0.05, 0) is 31.8 Å². The number of nitrogens with zero attached hydrogens (tertiary/aromatic N) is 3. The van der Waals surface area contributed by atoms with E-state index in [-0.39, 0.29) is 0 Å². The van der Waals surface area contributed by atoms with Crippen LogP contribution in [0.15, 0.2) is 17.1 Å². The third-order valence-electron chi connectivity index (χ3n) is 3.39. The number of benzene rings is 1. The van der Waals surface area contributed by atoms with E-state index in [1.54, 1.807) is 7.11 Å². The largest absolute Gasteiger partial charge is 0.497 e. The Morgan fingerprint density at radius 3 is 2.87 bits per heavy atom. The molecule has 23 heavy (non-hydrogen) atoms. The van der Waals surface area contributed by atoms with Gasteiger partial charge in [0.15, 0.2) is 6.04 Å². The maximum absolute atomic E-state index is 11.1. The number of carboxylic acid groups (broad SMARTS) is 1. The zero-order valence-electron chi connectivity index (χ0n) is 13.1. The molecule has 0 radical (unpaired) electrons. The first-order chi connectivity index (χ1) is 11.0. The maximum Gasteiger partial charge on any atom is 0.329 e. The predicted molar refractivity (Wildman–Crippen MR) is 94.0 cm³/mol. The first-order valence-corrected chi connectivity index (χ1v) is 8.84. The minimum atomic E-state index is -0.886. The van der Waals surface area contributed by atoms with E-state index in [0.29, 0.717) is 10.8 Å². The molecule has 1 N–H and O–H groups in total. The number of carbonyl (C=O) groups is 1. The molecule has 0 bridgehead atoms. The molecule has 3 rings (SSSR count). The Bertz CT molecular complexity index is 786. The van der Waals surface area contributed by atoms with Gasteiger partial charge in [0, 0.05) is 12.3 Å². The zero-order valence-corrected chi connectivity index (χ0v) is 14.7. The van der Waals surface area contributed by atoms with E-state index in [1.807, 2.05) is 26.2 Å². The SMILES string of the molecule is COc1cc(CN(C)C)c2nc(C3=N[C@@H](C(=O)O)CS3)sc2c1. The zero-order chi connectivity index (χ0) is 16.6. The standard InChI is InChI=1S/C15H17N3O3S2/c1-18(2)6-8-4-9(21-3)5-11-12(8)17-14(23-11)13-16-10(7-22-13)15(19)20/h4-5,10H,6-7H2,1-3H3,(H,19,20)/t10-/m1/s1. The highest BCUT2D eigenvalue weighted by Gasteiger charge is 2.27. The molecule has 2 heterocycles. The molecule has 0 amide bonds. The number of carboxylic acids is 1. The highest BCUT2D eigenvalue weighted by molar-refractivity contribution is 8.15. The van der Waals surface area contributed by atoms with Gasteiger partial charge in [-0.3, -0.25) is 4.99 Å². The number of rotatable bonds is 5. The Hall–Kier alpha value is -1.64. The Balaban J connectivity index is 2.04. The van der Waals surface area contributed by atoms with Crippen molar-refractivity contribution in [3.05, 3.63) is 22.7 Å². The van der Waals surface area contributed by atoms with Crippen molar-refractivity contribution >= 4 is 44.3 Å². The number of thiazole rings is 1. The van der Waals surface area contributed by atoms with Crippen LogP contribution in [0, 0.1) is 0 Å². The average Bonchev–Trinajstić information content (AvgIpc) is 3.12. The van der Waals surface area contributed by atoms with Crippen LogP contribution in [0.2, 0.25) is 0 Å². The molecule has 2 aromatic rings. The second-order valence-corrected chi connectivity index (χ2v) is 7.53. The van der Waals surface area contributed by atoms with Crippen LogP contribution in [0.5, 0.6) is 5.75 Å². The van der Waals surface area contributed by atoms with Crippen molar-refractivity contribution in [3.8, 4) is 5.75 Å². The molecular weight excluding hydrogens is 334 g/mol. The van der Waals surface area contributed by atoms with Crippen molar-refractivity contribution in [1.82, 2.24) is 9.88 Å². The topological polar surface area (TPSA) is 75.0 Å². The quantitative estimate of drug-likeness (QED) is 0.891. The minimum absolute atomic E-state index is 0.467. The van der Waals surface area contributed by atoms with Gasteiger partial charge in [-0.2, -0.15) is 0 Å². The average molecular weight is 351 g/mol. The molecule has 1 aromatic heterocycles. The summed E-state index contributed by atoms with van der Waals surface area (Å²) in [5.41, 5.74) is 2.02. The lowest BCUT2D eigenvalue weighted by atomic mass is 10.2. The van der Waals surface area contributed by atoms with Gasteiger partial charge in [0.05, 0.1) is 17.3 Å². The Morgan fingerprint density at radius 2 is 2.26 bits per heavy atom. The molecule has 6 nitrogen and oxygen atoms in total. The molecule has 0 spiro atoms. The van der Waals surface area contributed by atoms with Gasteiger partial charge in [-0.1, -0.05) is 0 Å². The van der Waals surface area contributed by atoms with Gasteiger partial charge in [0.2, 0.25) is 0 Å². The lowest BCUT2D eigenvalue weighted by Gasteiger charge is -2.11. The molecule has 0 saturated carbocycles. The first-order valence-electron chi connectivity index (χ1n) is 7.04. The van der Waals surface area contributed by atoms with Crippen LogP contribution in [0.1, 0.15) is 10.6 Å². The number of ether oxygens (including phenoxy) is 1. The molecular formula is C15H17N3O3S2. The number of fused-ring (bicyclic) bond motifs is 1. The third-order valence-corrected chi connectivity index (χ3v) is 5.58. The highest BCUT2D eigenvalue weighted by atomic mass is 32.2. The number of hydrogen-bond acceptors (Lipinski definition) is 7. The minimum Gasteiger partial charge on any atom is -0.497 e. The fourth-order valence-corrected chi connectivity index (χ4v) is 4.50. The van der Waals surface area contributed by atoms with Gasteiger partial charge in [-0.25, -0.2) is 9.78 Å². The summed E-state index contributed by atoms with van der Waals surface area (Å²) >= 11 is 2.98. The second-order valence-electron chi connectivity index (χ2n) is 5.49. The van der Waals surface area contributed by atoms with Crippen LogP contribution in [0.25, 0.3) is 10.2 Å². The number of aromatic nitrogens is 1. The highest BCUT2D eigenvalue weighted by Crippen LogP contribution is 2.34. The lowest BCUT2D eigenvalue weighted by molar-refractivity contribution is -0.137. The lowest BCUT2D eigenvalue weighted by Crippen LogP contribution is -2.17. The number of methoxy groups -OCH3 is 1. The van der Waals surface area contributed by atoms with Crippen molar-refractivity contribution in [1.29, 1.82) is 0 Å². The van der Waals surface area contributed by atoms with Gasteiger partial charge in [0.1, 0.15) is 15.8 Å². The predicted octanol–water partition coefficient (Wildman–Crippen LogP) is 2.31. The molecule has 122 valence electrons. The van der Waals surface area contributed by atoms with E-state index in [0.717, 1.165) is 33.1 Å². The first kappa shape index (κ1) is 16.2. The summed E-state index contributed by atoms with van der Waals surface area (Å²) < 4.78 is 6.40. The van der Waals surface area contributed by atoms with Crippen molar-refractivity contribution in [2.45, 2.75) is 12.6 Å². The maximum atomic E-state index is 11.1. The van der Waals surface area contributed by atoms with Crippen molar-refractivity contribution < 1.29 is 14.6 Å². The molecule has 0 aliphatic carbocycles. The van der Waals surface area contributed by atoms with Crippen LogP contribution in [-0.2, 0) is 11.3 Å².